The summed E-state index contributed by atoms with van der Waals surface area (Å²) in [5.74, 6) is -0.0866. The van der Waals surface area contributed by atoms with Gasteiger partial charge in [-0.3, -0.25) is 14.9 Å². The Morgan fingerprint density at radius 1 is 1.17 bits per heavy atom. The average Bonchev–Trinajstić information content (AvgIpc) is 2.71. The maximum absolute atomic E-state index is 12.3. The number of hydrogen-bond donors (Lipinski definition) is 2. The Bertz CT molecular complexity index is 1000. The lowest BCUT2D eigenvalue weighted by molar-refractivity contribution is -0.384. The summed E-state index contributed by atoms with van der Waals surface area (Å²) < 4.78 is 25.8. The van der Waals surface area contributed by atoms with Crippen LogP contribution < -0.4 is 10.0 Å². The summed E-state index contributed by atoms with van der Waals surface area (Å²) in [6.07, 6.45) is 0. The number of benzene rings is 2. The number of amides is 1. The molecule has 29 heavy (non-hydrogen) atoms. The van der Waals surface area contributed by atoms with Crippen molar-refractivity contribution in [1.29, 1.82) is 0 Å². The molecule has 2 rings (SSSR count). The van der Waals surface area contributed by atoms with Gasteiger partial charge in [0.1, 0.15) is 5.69 Å². The molecule has 0 aliphatic carbocycles. The lowest BCUT2D eigenvalue weighted by atomic mass is 10.1. The maximum atomic E-state index is 12.3. The van der Waals surface area contributed by atoms with Gasteiger partial charge in [0, 0.05) is 31.3 Å². The summed E-state index contributed by atoms with van der Waals surface area (Å²) in [7, 11) is -0.810. The van der Waals surface area contributed by atoms with Crippen molar-refractivity contribution in [1.82, 2.24) is 9.62 Å². The number of anilines is 1. The fraction of sp³-hybridized carbons (Fsp3) is 0.316. The summed E-state index contributed by atoms with van der Waals surface area (Å²) in [6, 6.07) is 10.7. The molecule has 0 aliphatic heterocycles. The van der Waals surface area contributed by atoms with Crippen LogP contribution in [0, 0.1) is 10.1 Å². The van der Waals surface area contributed by atoms with Crippen LogP contribution >= 0.6 is 0 Å². The van der Waals surface area contributed by atoms with E-state index in [-0.39, 0.29) is 34.8 Å². The van der Waals surface area contributed by atoms with Gasteiger partial charge in [0.25, 0.3) is 11.6 Å². The lowest BCUT2D eigenvalue weighted by Gasteiger charge is -2.21. The smallest absolute Gasteiger partial charge is 0.293 e. The van der Waals surface area contributed by atoms with Crippen molar-refractivity contribution < 1.29 is 18.1 Å². The molecular weight excluding hydrogens is 396 g/mol. The third-order valence-corrected chi connectivity index (χ3v) is 5.94. The van der Waals surface area contributed by atoms with Gasteiger partial charge >= 0.3 is 0 Å². The number of nitrogens with zero attached hydrogens (tertiary/aromatic N) is 2. The molecular formula is C19H24N4O5S. The van der Waals surface area contributed by atoms with E-state index in [4.69, 9.17) is 0 Å². The number of carbonyl (C=O) groups excluding carboxylic acids is 1. The highest BCUT2D eigenvalue weighted by atomic mass is 32.2. The normalized spacial score (nSPS) is 11.3. The molecule has 2 aromatic carbocycles. The number of sulfonamides is 1. The van der Waals surface area contributed by atoms with Gasteiger partial charge in [0.05, 0.1) is 9.82 Å². The Kier molecular flexibility index (Phi) is 6.93. The van der Waals surface area contributed by atoms with Crippen molar-refractivity contribution in [3.8, 4) is 0 Å². The van der Waals surface area contributed by atoms with Crippen molar-refractivity contribution in [3.63, 3.8) is 0 Å². The molecule has 9 nitrogen and oxygen atoms in total. The van der Waals surface area contributed by atoms with Gasteiger partial charge in [-0.1, -0.05) is 12.1 Å². The SMILES string of the molecule is CNS(=O)(=O)c1ccc(NCc2ccc(C(=O)N(C)C(C)C)cc2)c([N+](=O)[O-])c1. The first kappa shape index (κ1) is 22.3. The topological polar surface area (TPSA) is 122 Å². The second kappa shape index (κ2) is 9.01. The van der Waals surface area contributed by atoms with Crippen LogP contribution in [0.25, 0.3) is 0 Å². The van der Waals surface area contributed by atoms with E-state index in [1.54, 1.807) is 36.2 Å². The van der Waals surface area contributed by atoms with E-state index in [2.05, 4.69) is 10.0 Å². The van der Waals surface area contributed by atoms with E-state index in [0.717, 1.165) is 11.6 Å². The number of hydrogen-bond acceptors (Lipinski definition) is 6. The zero-order valence-electron chi connectivity index (χ0n) is 16.7. The van der Waals surface area contributed by atoms with Crippen molar-refractivity contribution in [3.05, 3.63) is 63.7 Å². The Balaban J connectivity index is 2.17. The molecule has 1 amide bonds. The lowest BCUT2D eigenvalue weighted by Crippen LogP contribution is -2.32. The summed E-state index contributed by atoms with van der Waals surface area (Å²) in [4.78, 5) is 24.5. The molecule has 0 aromatic heterocycles. The van der Waals surface area contributed by atoms with Crippen molar-refractivity contribution in [2.24, 2.45) is 0 Å². The molecule has 10 heteroatoms. The molecule has 0 fully saturated rings. The quantitative estimate of drug-likeness (QED) is 0.500. The highest BCUT2D eigenvalue weighted by Gasteiger charge is 2.20. The minimum absolute atomic E-state index is 0.0825. The fourth-order valence-electron chi connectivity index (χ4n) is 2.50. The van der Waals surface area contributed by atoms with Crippen LogP contribution in [0.15, 0.2) is 47.4 Å². The zero-order chi connectivity index (χ0) is 21.8. The Morgan fingerprint density at radius 2 is 1.79 bits per heavy atom. The predicted molar refractivity (Wildman–Crippen MR) is 110 cm³/mol. The molecule has 0 unspecified atom stereocenters. The fourth-order valence-corrected chi connectivity index (χ4v) is 3.25. The van der Waals surface area contributed by atoms with Gasteiger partial charge < -0.3 is 10.2 Å². The Labute approximate surface area is 169 Å². The number of nitro groups is 1. The second-order valence-corrected chi connectivity index (χ2v) is 8.59. The number of nitrogens with one attached hydrogen (secondary N) is 2. The maximum Gasteiger partial charge on any atom is 0.293 e. The molecule has 0 atom stereocenters. The standard InChI is InChI=1S/C19H24N4O5S/c1-13(2)22(4)19(24)15-7-5-14(6-8-15)12-21-17-10-9-16(29(27,28)20-3)11-18(17)23(25)26/h5-11,13,20-21H,12H2,1-4H3. The monoisotopic (exact) mass is 420 g/mol. The van der Waals surface area contributed by atoms with E-state index in [1.807, 2.05) is 13.8 Å². The molecule has 0 saturated carbocycles. The van der Waals surface area contributed by atoms with Gasteiger partial charge in [0.2, 0.25) is 10.0 Å². The first-order valence-electron chi connectivity index (χ1n) is 8.88. The number of rotatable bonds is 8. The van der Waals surface area contributed by atoms with E-state index in [1.165, 1.54) is 19.2 Å². The van der Waals surface area contributed by atoms with Gasteiger partial charge in [-0.15, -0.1) is 0 Å². The third-order valence-electron chi connectivity index (χ3n) is 4.52. The average molecular weight is 420 g/mol. The molecule has 156 valence electrons. The van der Waals surface area contributed by atoms with Gasteiger partial charge in [-0.25, -0.2) is 13.1 Å². The summed E-state index contributed by atoms with van der Waals surface area (Å²) >= 11 is 0. The van der Waals surface area contributed by atoms with Gasteiger partial charge in [-0.05, 0) is 50.7 Å². The van der Waals surface area contributed by atoms with Crippen LogP contribution in [-0.4, -0.2) is 44.3 Å². The molecule has 0 heterocycles. The van der Waals surface area contributed by atoms with Crippen molar-refractivity contribution in [2.45, 2.75) is 31.3 Å². The highest BCUT2D eigenvalue weighted by molar-refractivity contribution is 7.89. The minimum Gasteiger partial charge on any atom is -0.375 e. The zero-order valence-corrected chi connectivity index (χ0v) is 17.5. The van der Waals surface area contributed by atoms with Crippen LogP contribution in [0.4, 0.5) is 11.4 Å². The van der Waals surface area contributed by atoms with E-state index < -0.39 is 14.9 Å². The van der Waals surface area contributed by atoms with Crippen LogP contribution in [0.1, 0.15) is 29.8 Å². The molecule has 0 radical (unpaired) electrons. The van der Waals surface area contributed by atoms with Crippen molar-refractivity contribution in [2.75, 3.05) is 19.4 Å². The first-order valence-corrected chi connectivity index (χ1v) is 10.4. The molecule has 0 bridgehead atoms. The number of carbonyl (C=O) groups is 1. The van der Waals surface area contributed by atoms with Crippen LogP contribution in [-0.2, 0) is 16.6 Å². The van der Waals surface area contributed by atoms with E-state index in [9.17, 15) is 23.3 Å². The van der Waals surface area contributed by atoms with Gasteiger partial charge in [0.15, 0.2) is 0 Å². The molecule has 2 N–H and O–H groups in total. The van der Waals surface area contributed by atoms with Crippen molar-refractivity contribution >= 4 is 27.3 Å². The molecule has 2 aromatic rings. The largest absolute Gasteiger partial charge is 0.375 e. The number of nitro benzene ring substituents is 1. The second-order valence-electron chi connectivity index (χ2n) is 6.70. The van der Waals surface area contributed by atoms with E-state index >= 15 is 0 Å². The van der Waals surface area contributed by atoms with Crippen LogP contribution in [0.2, 0.25) is 0 Å². The van der Waals surface area contributed by atoms with Crippen LogP contribution in [0.5, 0.6) is 0 Å². The summed E-state index contributed by atoms with van der Waals surface area (Å²) in [6.45, 7) is 4.12. The minimum atomic E-state index is -3.78. The highest BCUT2D eigenvalue weighted by Crippen LogP contribution is 2.28. The Hall–Kier alpha value is -2.98. The third kappa shape index (κ3) is 5.30. The molecule has 0 aliphatic rings. The van der Waals surface area contributed by atoms with Gasteiger partial charge in [-0.2, -0.15) is 0 Å². The first-order chi connectivity index (χ1) is 13.6. The molecule has 0 spiro atoms. The summed E-state index contributed by atoms with van der Waals surface area (Å²) in [5.41, 5.74) is 1.23. The summed E-state index contributed by atoms with van der Waals surface area (Å²) in [5, 5.41) is 14.3. The molecule has 0 saturated heterocycles. The predicted octanol–water partition coefficient (Wildman–Crippen LogP) is 2.60. The van der Waals surface area contributed by atoms with Crippen LogP contribution in [0.3, 0.4) is 0 Å². The van der Waals surface area contributed by atoms with E-state index in [0.29, 0.717) is 5.56 Å². The Morgan fingerprint density at radius 3 is 2.31 bits per heavy atom.